The number of carbonyl (C=O) groups is 1. The molecule has 166 valence electrons. The minimum atomic E-state index is -0.382. The van der Waals surface area contributed by atoms with Crippen LogP contribution in [0.2, 0.25) is 0 Å². The van der Waals surface area contributed by atoms with Crippen molar-refractivity contribution < 1.29 is 9.18 Å². The Kier molecular flexibility index (Phi) is 5.38. The lowest BCUT2D eigenvalue weighted by atomic mass is 10.1. The molecule has 7 nitrogen and oxygen atoms in total. The van der Waals surface area contributed by atoms with Gasteiger partial charge in [0.2, 0.25) is 0 Å². The Morgan fingerprint density at radius 1 is 1.19 bits per heavy atom. The Balaban J connectivity index is 1.24. The lowest BCUT2D eigenvalue weighted by Crippen LogP contribution is -2.46. The third-order valence-corrected chi connectivity index (χ3v) is 6.35. The normalized spacial score (nSPS) is 17.0. The molecule has 1 aliphatic carbocycles. The summed E-state index contributed by atoms with van der Waals surface area (Å²) in [5, 5.41) is 2.51. The zero-order chi connectivity index (χ0) is 22.2. The summed E-state index contributed by atoms with van der Waals surface area (Å²) >= 11 is 0. The van der Waals surface area contributed by atoms with E-state index in [0.717, 1.165) is 54.6 Å². The molecule has 2 aliphatic rings. The summed E-state index contributed by atoms with van der Waals surface area (Å²) < 4.78 is 14.6. The van der Waals surface area contributed by atoms with Gasteiger partial charge in [-0.1, -0.05) is 0 Å². The molecule has 1 saturated heterocycles. The zero-order valence-corrected chi connectivity index (χ0v) is 18.0. The third-order valence-electron chi connectivity index (χ3n) is 6.35. The molecular weight excluding hydrogens is 409 g/mol. The van der Waals surface area contributed by atoms with Crippen LogP contribution in [0.5, 0.6) is 0 Å². The number of anilines is 1. The van der Waals surface area contributed by atoms with Crippen LogP contribution in [0.4, 0.5) is 10.1 Å². The van der Waals surface area contributed by atoms with Crippen molar-refractivity contribution >= 4 is 22.6 Å². The van der Waals surface area contributed by atoms with Gasteiger partial charge in [-0.05, 0) is 54.7 Å². The molecule has 32 heavy (non-hydrogen) atoms. The summed E-state index contributed by atoms with van der Waals surface area (Å²) in [7, 11) is 1.53. The number of hydrogen-bond donors (Lipinski definition) is 2. The number of piperazine rings is 1. The molecule has 2 N–H and O–H groups in total. The minimum Gasteiger partial charge on any atom is -0.367 e. The Labute approximate surface area is 185 Å². The number of amides is 1. The second kappa shape index (κ2) is 8.35. The molecule has 2 aromatic heterocycles. The summed E-state index contributed by atoms with van der Waals surface area (Å²) in [6.45, 7) is 3.68. The standard InChI is InChI=1S/C24H26FN5O2/c1-26-23(31)17-4-5-22(19(25)11-17)30-8-6-29(7-9-30)14-15-10-21-20(27-13-15)12-18(16-2-3-16)24(32)28-21/h4-5,10-13,16H,2-3,6-9,14H2,1H3,(H,26,31)(H,28,32). The van der Waals surface area contributed by atoms with E-state index in [1.807, 2.05) is 23.2 Å². The van der Waals surface area contributed by atoms with Gasteiger partial charge in [0.15, 0.2) is 0 Å². The van der Waals surface area contributed by atoms with Crippen molar-refractivity contribution in [2.24, 2.45) is 0 Å². The first-order valence-electron chi connectivity index (χ1n) is 11.0. The zero-order valence-electron chi connectivity index (χ0n) is 18.0. The third kappa shape index (κ3) is 4.10. The molecule has 0 spiro atoms. The number of fused-ring (bicyclic) bond motifs is 1. The number of aromatic nitrogens is 2. The van der Waals surface area contributed by atoms with Gasteiger partial charge in [-0.3, -0.25) is 19.5 Å². The Bertz CT molecular complexity index is 1230. The molecule has 1 aliphatic heterocycles. The molecule has 0 atom stereocenters. The molecule has 0 unspecified atom stereocenters. The average molecular weight is 436 g/mol. The second-order valence-corrected chi connectivity index (χ2v) is 8.61. The maximum absolute atomic E-state index is 14.6. The molecule has 0 radical (unpaired) electrons. The Hall–Kier alpha value is -3.26. The first-order chi connectivity index (χ1) is 15.5. The monoisotopic (exact) mass is 435 g/mol. The predicted octanol–water partition coefficient (Wildman–Crippen LogP) is 2.62. The van der Waals surface area contributed by atoms with Crippen molar-refractivity contribution in [3.8, 4) is 0 Å². The number of nitrogens with one attached hydrogen (secondary N) is 2. The van der Waals surface area contributed by atoms with E-state index < -0.39 is 0 Å². The Morgan fingerprint density at radius 2 is 1.97 bits per heavy atom. The quantitative estimate of drug-likeness (QED) is 0.644. The Morgan fingerprint density at radius 3 is 2.66 bits per heavy atom. The SMILES string of the molecule is CNC(=O)c1ccc(N2CCN(Cc3cnc4cc(C5CC5)c(=O)[nH]c4c3)CC2)c(F)c1. The largest absolute Gasteiger partial charge is 0.367 e. The highest BCUT2D eigenvalue weighted by molar-refractivity contribution is 5.94. The number of rotatable bonds is 5. The van der Waals surface area contributed by atoms with Crippen molar-refractivity contribution in [2.45, 2.75) is 25.3 Å². The molecule has 0 bridgehead atoms. The highest BCUT2D eigenvalue weighted by atomic mass is 19.1. The number of nitrogens with zero attached hydrogens (tertiary/aromatic N) is 3. The van der Waals surface area contributed by atoms with Crippen molar-refractivity contribution in [3.05, 3.63) is 69.4 Å². The van der Waals surface area contributed by atoms with Crippen molar-refractivity contribution in [1.82, 2.24) is 20.2 Å². The molecule has 3 aromatic rings. The summed E-state index contributed by atoms with van der Waals surface area (Å²) in [6.07, 6.45) is 4.04. The second-order valence-electron chi connectivity index (χ2n) is 8.61. The molecule has 1 amide bonds. The molecule has 5 rings (SSSR count). The van der Waals surface area contributed by atoms with Crippen molar-refractivity contribution in [1.29, 1.82) is 0 Å². The van der Waals surface area contributed by atoms with Gasteiger partial charge in [-0.2, -0.15) is 0 Å². The number of hydrogen-bond acceptors (Lipinski definition) is 5. The fourth-order valence-corrected chi connectivity index (χ4v) is 4.38. The number of benzene rings is 1. The lowest BCUT2D eigenvalue weighted by Gasteiger charge is -2.36. The van der Waals surface area contributed by atoms with E-state index in [2.05, 4.69) is 20.2 Å². The molecular formula is C24H26FN5O2. The smallest absolute Gasteiger partial charge is 0.252 e. The van der Waals surface area contributed by atoms with Crippen LogP contribution < -0.4 is 15.8 Å². The van der Waals surface area contributed by atoms with Crippen LogP contribution in [-0.4, -0.2) is 54.0 Å². The highest BCUT2D eigenvalue weighted by Crippen LogP contribution is 2.38. The van der Waals surface area contributed by atoms with Crippen molar-refractivity contribution in [3.63, 3.8) is 0 Å². The highest BCUT2D eigenvalue weighted by Gasteiger charge is 2.27. The van der Waals surface area contributed by atoms with Crippen LogP contribution >= 0.6 is 0 Å². The van der Waals surface area contributed by atoms with Gasteiger partial charge in [0.25, 0.3) is 11.5 Å². The number of halogens is 1. The number of carbonyl (C=O) groups excluding carboxylic acids is 1. The first kappa shape index (κ1) is 20.6. The fourth-order valence-electron chi connectivity index (χ4n) is 4.38. The van der Waals surface area contributed by atoms with Gasteiger partial charge in [0.05, 0.1) is 16.7 Å². The summed E-state index contributed by atoms with van der Waals surface area (Å²) in [4.78, 5) is 35.9. The number of aromatic amines is 1. The van der Waals surface area contributed by atoms with Crippen LogP contribution in [0.25, 0.3) is 11.0 Å². The summed E-state index contributed by atoms with van der Waals surface area (Å²) in [5.74, 6) is -0.284. The predicted molar refractivity (Wildman–Crippen MR) is 122 cm³/mol. The number of pyridine rings is 2. The van der Waals surface area contributed by atoms with E-state index in [1.54, 1.807) is 12.1 Å². The van der Waals surface area contributed by atoms with Crippen LogP contribution in [0.1, 0.15) is 40.2 Å². The first-order valence-corrected chi connectivity index (χ1v) is 11.0. The van der Waals surface area contributed by atoms with E-state index >= 15 is 0 Å². The van der Waals surface area contributed by atoms with E-state index in [9.17, 15) is 14.0 Å². The average Bonchev–Trinajstić information content (AvgIpc) is 3.64. The topological polar surface area (TPSA) is 81.3 Å². The van der Waals surface area contributed by atoms with Gasteiger partial charge >= 0.3 is 0 Å². The van der Waals surface area contributed by atoms with Crippen LogP contribution in [0, 0.1) is 5.82 Å². The van der Waals surface area contributed by atoms with E-state index in [1.165, 1.54) is 13.1 Å². The van der Waals surface area contributed by atoms with E-state index in [-0.39, 0.29) is 17.3 Å². The van der Waals surface area contributed by atoms with Gasteiger partial charge < -0.3 is 15.2 Å². The van der Waals surface area contributed by atoms with E-state index in [0.29, 0.717) is 30.3 Å². The molecule has 8 heteroatoms. The molecule has 1 saturated carbocycles. The van der Waals surface area contributed by atoms with E-state index in [4.69, 9.17) is 0 Å². The lowest BCUT2D eigenvalue weighted by molar-refractivity contribution is 0.0962. The fraction of sp³-hybridized carbons (Fsp3) is 0.375. The van der Waals surface area contributed by atoms with Gasteiger partial charge in [-0.25, -0.2) is 4.39 Å². The van der Waals surface area contributed by atoms with Gasteiger partial charge in [0.1, 0.15) is 5.82 Å². The van der Waals surface area contributed by atoms with Gasteiger partial charge in [0, 0.05) is 57.1 Å². The summed E-state index contributed by atoms with van der Waals surface area (Å²) in [6, 6.07) is 8.55. The van der Waals surface area contributed by atoms with Crippen LogP contribution in [0.15, 0.2) is 41.3 Å². The maximum atomic E-state index is 14.6. The molecule has 1 aromatic carbocycles. The molecule has 2 fully saturated rings. The van der Waals surface area contributed by atoms with Crippen molar-refractivity contribution in [2.75, 3.05) is 38.1 Å². The van der Waals surface area contributed by atoms with Crippen LogP contribution in [0.3, 0.4) is 0 Å². The van der Waals surface area contributed by atoms with Crippen LogP contribution in [-0.2, 0) is 6.54 Å². The maximum Gasteiger partial charge on any atom is 0.252 e. The van der Waals surface area contributed by atoms with Gasteiger partial charge in [-0.15, -0.1) is 0 Å². The molecule has 3 heterocycles. The summed E-state index contributed by atoms with van der Waals surface area (Å²) in [5.41, 5.74) is 4.33. The minimum absolute atomic E-state index is 0.00275. The number of H-pyrrole nitrogens is 1.